The Kier molecular flexibility index (Phi) is 13.0. The average Bonchev–Trinajstić information content (AvgIpc) is 2.75. The summed E-state index contributed by atoms with van der Waals surface area (Å²) >= 11 is 0. The molecule has 0 saturated heterocycles. The van der Waals surface area contributed by atoms with Gasteiger partial charge >= 0.3 is 0 Å². The molecule has 2 aromatic carbocycles. The number of hydrogen-bond acceptors (Lipinski definition) is 2. The molecule has 1 N–H and O–H groups in total. The molecule has 0 aliphatic rings. The molecule has 0 bridgehead atoms. The highest BCUT2D eigenvalue weighted by atomic mass is 16.6. The van der Waals surface area contributed by atoms with Gasteiger partial charge in [0.15, 0.2) is 0 Å². The summed E-state index contributed by atoms with van der Waals surface area (Å²) in [6, 6.07) is 21.0. The number of nitrogens with one attached hydrogen (secondary N) is 1. The fourth-order valence-corrected chi connectivity index (χ4v) is 3.56. The molecule has 2 rings (SSSR count). The van der Waals surface area contributed by atoms with Gasteiger partial charge in [0.25, 0.3) is 0 Å². The quantitative estimate of drug-likeness (QED) is 0.222. The lowest BCUT2D eigenvalue weighted by Gasteiger charge is -2.06. The summed E-state index contributed by atoms with van der Waals surface area (Å²) in [6.45, 7) is 0.791. The Hall–Kier alpha value is -1.80. The summed E-state index contributed by atoms with van der Waals surface area (Å²) in [5.41, 5.74) is 5.51. The van der Waals surface area contributed by atoms with Gasteiger partial charge in [-0.2, -0.15) is 0 Å². The van der Waals surface area contributed by atoms with Crippen molar-refractivity contribution in [3.8, 4) is 0 Å². The van der Waals surface area contributed by atoms with Gasteiger partial charge in [0.2, 0.25) is 0 Å². The summed E-state index contributed by atoms with van der Waals surface area (Å²) in [4.78, 5) is 5.49. The molecule has 2 nitrogen and oxygen atoms in total. The first-order valence-electron chi connectivity index (χ1n) is 11.4. The molecule has 0 unspecified atom stereocenters. The van der Waals surface area contributed by atoms with Gasteiger partial charge in [-0.15, -0.1) is 0 Å². The first kappa shape index (κ1) is 22.5. The predicted molar refractivity (Wildman–Crippen MR) is 122 cm³/mol. The van der Waals surface area contributed by atoms with Crippen LogP contribution in [0.25, 0.3) is 0 Å². The van der Waals surface area contributed by atoms with E-state index in [4.69, 9.17) is 4.84 Å². The molecule has 2 heteroatoms. The van der Waals surface area contributed by atoms with Crippen LogP contribution in [-0.2, 0) is 11.3 Å². The first-order valence-corrected chi connectivity index (χ1v) is 11.4. The van der Waals surface area contributed by atoms with Crippen LogP contribution in [0.1, 0.15) is 82.6 Å². The molecule has 0 radical (unpaired) electrons. The third kappa shape index (κ3) is 11.8. The lowest BCUT2D eigenvalue weighted by molar-refractivity contribution is 0.187. The fourth-order valence-electron chi connectivity index (χ4n) is 3.56. The third-order valence-corrected chi connectivity index (χ3v) is 5.27. The van der Waals surface area contributed by atoms with Crippen LogP contribution < -0.4 is 5.48 Å². The van der Waals surface area contributed by atoms with Crippen LogP contribution in [0.2, 0.25) is 0 Å². The lowest BCUT2D eigenvalue weighted by Crippen LogP contribution is -2.02. The minimum Gasteiger partial charge on any atom is -0.276 e. The molecule has 0 aliphatic carbocycles. The molecule has 0 amide bonds. The summed E-state index contributed by atoms with van der Waals surface area (Å²) in [5, 5.41) is 0. The van der Waals surface area contributed by atoms with E-state index in [9.17, 15) is 0 Å². The zero-order valence-electron chi connectivity index (χ0n) is 17.6. The Labute approximate surface area is 172 Å². The van der Waals surface area contributed by atoms with Crippen LogP contribution in [0.4, 0.5) is 5.69 Å². The van der Waals surface area contributed by atoms with E-state index >= 15 is 0 Å². The van der Waals surface area contributed by atoms with Crippen LogP contribution >= 0.6 is 0 Å². The van der Waals surface area contributed by atoms with Crippen LogP contribution in [0.3, 0.4) is 0 Å². The SMILES string of the molecule is c1ccc(CCCCCCCCCCCCCCONc2ccccc2)cc1. The molecule has 154 valence electrons. The maximum Gasteiger partial charge on any atom is 0.0746 e. The molecule has 0 saturated carbocycles. The summed E-state index contributed by atoms with van der Waals surface area (Å²) in [6.07, 6.45) is 17.6. The molecular weight excluding hydrogens is 342 g/mol. The zero-order valence-corrected chi connectivity index (χ0v) is 17.6. The summed E-state index contributed by atoms with van der Waals surface area (Å²) < 4.78 is 0. The number of para-hydroxylation sites is 1. The van der Waals surface area contributed by atoms with Crippen molar-refractivity contribution in [3.63, 3.8) is 0 Å². The van der Waals surface area contributed by atoms with Crippen molar-refractivity contribution in [1.29, 1.82) is 0 Å². The van der Waals surface area contributed by atoms with Crippen LogP contribution in [-0.4, -0.2) is 6.61 Å². The topological polar surface area (TPSA) is 21.3 Å². The van der Waals surface area contributed by atoms with Gasteiger partial charge in [0.05, 0.1) is 12.3 Å². The molecule has 0 spiro atoms. The molecule has 0 atom stereocenters. The number of hydrogen-bond donors (Lipinski definition) is 1. The number of anilines is 1. The van der Waals surface area contributed by atoms with E-state index in [1.807, 2.05) is 30.3 Å². The van der Waals surface area contributed by atoms with E-state index in [2.05, 4.69) is 35.8 Å². The number of benzene rings is 2. The number of unbranched alkanes of at least 4 members (excludes halogenated alkanes) is 11. The molecule has 28 heavy (non-hydrogen) atoms. The van der Waals surface area contributed by atoms with Crippen LogP contribution in [0.15, 0.2) is 60.7 Å². The van der Waals surface area contributed by atoms with E-state index in [-0.39, 0.29) is 0 Å². The first-order chi connectivity index (χ1) is 13.9. The maximum absolute atomic E-state index is 5.49. The fraction of sp³-hybridized carbons (Fsp3) is 0.538. The second kappa shape index (κ2) is 16.2. The third-order valence-electron chi connectivity index (χ3n) is 5.27. The van der Waals surface area contributed by atoms with Gasteiger partial charge in [0, 0.05) is 0 Å². The molecule has 0 fully saturated rings. The average molecular weight is 382 g/mol. The van der Waals surface area contributed by atoms with E-state index in [1.54, 1.807) is 0 Å². The maximum atomic E-state index is 5.49. The van der Waals surface area contributed by atoms with Crippen molar-refractivity contribution in [3.05, 3.63) is 66.2 Å². The number of aryl methyl sites for hydroxylation is 1. The largest absolute Gasteiger partial charge is 0.276 e. The molecule has 2 aromatic rings. The van der Waals surface area contributed by atoms with E-state index in [0.29, 0.717) is 0 Å². The van der Waals surface area contributed by atoms with E-state index in [1.165, 1.54) is 82.6 Å². The standard InChI is InChI=1S/C26H39NO/c1(3-5-7-9-13-19-25-20-14-11-15-21-25)2-4-6-8-10-18-24-28-27-26-22-16-12-17-23-26/h11-12,14-17,20-23,27H,1-10,13,18-19,24H2. The van der Waals surface area contributed by atoms with E-state index < -0.39 is 0 Å². The Bertz CT molecular complexity index is 516. The summed E-state index contributed by atoms with van der Waals surface area (Å²) in [5.74, 6) is 0. The smallest absolute Gasteiger partial charge is 0.0746 e. The lowest BCUT2D eigenvalue weighted by atomic mass is 10.0. The normalized spacial score (nSPS) is 10.9. The molecule has 0 aliphatic heterocycles. The van der Waals surface area contributed by atoms with Gasteiger partial charge in [-0.25, -0.2) is 0 Å². The predicted octanol–water partition coefficient (Wildman–Crippen LogP) is 7.95. The van der Waals surface area contributed by atoms with Gasteiger partial charge in [-0.3, -0.25) is 10.3 Å². The summed E-state index contributed by atoms with van der Waals surface area (Å²) in [7, 11) is 0. The van der Waals surface area contributed by atoms with Crippen LogP contribution in [0, 0.1) is 0 Å². The zero-order chi connectivity index (χ0) is 19.5. The molecule has 0 aromatic heterocycles. The van der Waals surface area contributed by atoms with Gasteiger partial charge in [-0.1, -0.05) is 113 Å². The Morgan fingerprint density at radius 1 is 0.500 bits per heavy atom. The highest BCUT2D eigenvalue weighted by Gasteiger charge is 1.96. The Balaban J connectivity index is 1.25. The van der Waals surface area contributed by atoms with Gasteiger partial charge in [0.1, 0.15) is 0 Å². The van der Waals surface area contributed by atoms with Crippen molar-refractivity contribution in [2.24, 2.45) is 0 Å². The van der Waals surface area contributed by atoms with Crippen molar-refractivity contribution in [2.75, 3.05) is 12.1 Å². The van der Waals surface area contributed by atoms with Gasteiger partial charge < -0.3 is 0 Å². The molecule has 0 heterocycles. The Morgan fingerprint density at radius 3 is 1.54 bits per heavy atom. The molecular formula is C26H39NO. The van der Waals surface area contributed by atoms with Crippen molar-refractivity contribution < 1.29 is 4.84 Å². The number of rotatable bonds is 17. The van der Waals surface area contributed by atoms with Gasteiger partial charge in [-0.05, 0) is 37.0 Å². The minimum atomic E-state index is 0.791. The highest BCUT2D eigenvalue weighted by Crippen LogP contribution is 2.13. The van der Waals surface area contributed by atoms with Crippen molar-refractivity contribution in [1.82, 2.24) is 0 Å². The minimum absolute atomic E-state index is 0.791. The highest BCUT2D eigenvalue weighted by molar-refractivity contribution is 5.39. The second-order valence-electron chi connectivity index (χ2n) is 7.79. The monoisotopic (exact) mass is 381 g/mol. The van der Waals surface area contributed by atoms with Crippen molar-refractivity contribution >= 4 is 5.69 Å². The van der Waals surface area contributed by atoms with Crippen molar-refractivity contribution in [2.45, 2.75) is 83.5 Å². The van der Waals surface area contributed by atoms with E-state index in [0.717, 1.165) is 18.7 Å². The van der Waals surface area contributed by atoms with Crippen LogP contribution in [0.5, 0.6) is 0 Å². The Morgan fingerprint density at radius 2 is 0.964 bits per heavy atom. The second-order valence-corrected chi connectivity index (χ2v) is 7.79.